The molecule has 3 heteroatoms. The molecule has 0 fully saturated rings. The maximum absolute atomic E-state index is 2.63. The van der Waals surface area contributed by atoms with Crippen molar-refractivity contribution in [1.82, 2.24) is 0 Å². The molecule has 0 spiro atoms. The summed E-state index contributed by atoms with van der Waals surface area (Å²) >= 11 is 4.09. The Morgan fingerprint density at radius 2 is 1.37 bits per heavy atom. The van der Waals surface area contributed by atoms with Gasteiger partial charge in [-0.2, -0.15) is 0 Å². The summed E-state index contributed by atoms with van der Waals surface area (Å²) in [7, 11) is -1.68. The molecule has 27 heavy (non-hydrogen) atoms. The Morgan fingerprint density at radius 1 is 0.815 bits per heavy atom. The van der Waals surface area contributed by atoms with E-state index in [0.717, 1.165) is 0 Å². The van der Waals surface area contributed by atoms with Crippen LogP contribution in [0.5, 0.6) is 0 Å². The summed E-state index contributed by atoms with van der Waals surface area (Å²) in [5.41, 5.74) is 10.3. The molecule has 2 aromatic heterocycles. The number of allylic oxidation sites excluding steroid dienone is 1. The van der Waals surface area contributed by atoms with Crippen LogP contribution in [-0.4, -0.2) is 8.07 Å². The van der Waals surface area contributed by atoms with Gasteiger partial charge in [-0.05, 0) is 78.7 Å². The van der Waals surface area contributed by atoms with Crippen LogP contribution in [0.25, 0.3) is 17.2 Å². The summed E-state index contributed by atoms with van der Waals surface area (Å²) < 4.78 is 0. The number of fused-ring (bicyclic) bond motifs is 4. The number of rotatable bonds is 2. The number of aryl methyl sites for hydroxylation is 4. The summed E-state index contributed by atoms with van der Waals surface area (Å²) in [5.74, 6) is 0. The third-order valence-corrected chi connectivity index (χ3v) is 13.4. The fourth-order valence-electron chi connectivity index (χ4n) is 5.29. The van der Waals surface area contributed by atoms with E-state index in [4.69, 9.17) is 0 Å². The van der Waals surface area contributed by atoms with Gasteiger partial charge in [0, 0.05) is 25.0 Å². The van der Waals surface area contributed by atoms with Crippen LogP contribution in [-0.2, 0) is 0 Å². The Hall–Kier alpha value is -1.42. The average molecular weight is 407 g/mol. The topological polar surface area (TPSA) is 0 Å². The Bertz CT molecular complexity index is 1060. The van der Waals surface area contributed by atoms with Crippen LogP contribution in [0.15, 0.2) is 30.3 Å². The van der Waals surface area contributed by atoms with Crippen molar-refractivity contribution in [2.75, 3.05) is 0 Å². The third kappa shape index (κ3) is 2.38. The van der Waals surface area contributed by atoms with E-state index < -0.39 is 8.07 Å². The molecule has 0 nitrogen and oxygen atoms in total. The Kier molecular flexibility index (Phi) is 3.79. The van der Waals surface area contributed by atoms with Crippen LogP contribution < -0.4 is 0 Å². The average Bonchev–Trinajstić information content (AvgIpc) is 3.31. The molecule has 2 heterocycles. The molecule has 0 saturated heterocycles. The van der Waals surface area contributed by atoms with Crippen molar-refractivity contribution in [1.29, 1.82) is 0 Å². The van der Waals surface area contributed by atoms with Gasteiger partial charge in [0.15, 0.2) is 0 Å². The zero-order valence-corrected chi connectivity index (χ0v) is 19.6. The zero-order chi connectivity index (χ0) is 19.1. The summed E-state index contributed by atoms with van der Waals surface area (Å²) in [4.78, 5) is 6.22. The standard InChI is InChI=1S/C24H26S2Si/c1-13-7-8-14(2)21-17(13)9-10-20(21)27(5,6)24-22-18(11-15(3)25-22)19-12-16(4)26-23(19)24/h7-12,20,24H,1-6H3. The van der Waals surface area contributed by atoms with E-state index in [1.54, 1.807) is 15.3 Å². The van der Waals surface area contributed by atoms with Crippen molar-refractivity contribution in [3.63, 3.8) is 0 Å². The molecule has 1 aromatic carbocycles. The Labute approximate surface area is 171 Å². The molecule has 1 atom stereocenters. The molecule has 5 rings (SSSR count). The summed E-state index contributed by atoms with van der Waals surface area (Å²) in [6, 6.07) is 9.48. The van der Waals surface area contributed by atoms with Gasteiger partial charge in [0.1, 0.15) is 0 Å². The highest BCUT2D eigenvalue weighted by molar-refractivity contribution is 7.16. The van der Waals surface area contributed by atoms with Gasteiger partial charge < -0.3 is 0 Å². The van der Waals surface area contributed by atoms with Gasteiger partial charge in [-0.3, -0.25) is 0 Å². The maximum atomic E-state index is 2.63. The summed E-state index contributed by atoms with van der Waals surface area (Å²) in [5, 5.41) is 0. The summed E-state index contributed by atoms with van der Waals surface area (Å²) in [6.45, 7) is 14.4. The smallest absolute Gasteiger partial charge is 0.0744 e. The SMILES string of the molecule is Cc1cc2c(s1)C([Si](C)(C)C1C=Cc3c(C)ccc(C)c31)c1sc(C)cc1-2. The lowest BCUT2D eigenvalue weighted by Crippen LogP contribution is -2.40. The summed E-state index contributed by atoms with van der Waals surface area (Å²) in [6.07, 6.45) is 4.95. The molecule has 0 aliphatic heterocycles. The van der Waals surface area contributed by atoms with Gasteiger partial charge in [-0.15, -0.1) is 22.7 Å². The minimum Gasteiger partial charge on any atom is -0.145 e. The molecule has 0 bridgehead atoms. The highest BCUT2D eigenvalue weighted by atomic mass is 32.1. The Balaban J connectivity index is 1.70. The molecule has 1 unspecified atom stereocenters. The first kappa shape index (κ1) is 17.7. The van der Waals surface area contributed by atoms with Crippen molar-refractivity contribution in [2.45, 2.75) is 51.9 Å². The minimum absolute atomic E-state index is 0.598. The van der Waals surface area contributed by atoms with E-state index in [9.17, 15) is 0 Å². The van der Waals surface area contributed by atoms with Gasteiger partial charge in [0.05, 0.1) is 8.07 Å². The molecular formula is C24H26S2Si. The first-order valence-corrected chi connectivity index (χ1v) is 14.6. The molecule has 0 radical (unpaired) electrons. The lowest BCUT2D eigenvalue weighted by atomic mass is 9.99. The van der Waals surface area contributed by atoms with Crippen molar-refractivity contribution in [3.8, 4) is 11.1 Å². The van der Waals surface area contributed by atoms with Gasteiger partial charge >= 0.3 is 0 Å². The van der Waals surface area contributed by atoms with Crippen molar-refractivity contribution in [2.24, 2.45) is 0 Å². The maximum Gasteiger partial charge on any atom is 0.0744 e. The van der Waals surface area contributed by atoms with Crippen molar-refractivity contribution < 1.29 is 0 Å². The largest absolute Gasteiger partial charge is 0.145 e. The molecule has 2 aliphatic rings. The number of thiophene rings is 2. The van der Waals surface area contributed by atoms with Crippen molar-refractivity contribution in [3.05, 3.63) is 72.1 Å². The fourth-order valence-corrected chi connectivity index (χ4v) is 13.4. The number of hydrogen-bond donors (Lipinski definition) is 0. The molecule has 138 valence electrons. The molecule has 0 N–H and O–H groups in total. The zero-order valence-electron chi connectivity index (χ0n) is 16.9. The van der Waals surface area contributed by atoms with E-state index in [1.807, 2.05) is 22.7 Å². The molecule has 2 aliphatic carbocycles. The van der Waals surface area contributed by atoms with Gasteiger partial charge in [0.2, 0.25) is 0 Å². The predicted molar refractivity (Wildman–Crippen MR) is 124 cm³/mol. The molecule has 3 aromatic rings. The normalized spacial score (nSPS) is 18.1. The molecule has 0 saturated carbocycles. The van der Waals surface area contributed by atoms with Crippen molar-refractivity contribution >= 4 is 36.8 Å². The third-order valence-electron chi connectivity index (χ3n) is 6.62. The van der Waals surface area contributed by atoms with Crippen LogP contribution in [0.1, 0.15) is 52.8 Å². The first-order valence-electron chi connectivity index (χ1n) is 9.78. The molecule has 0 amide bonds. The van der Waals surface area contributed by atoms with E-state index in [-0.39, 0.29) is 0 Å². The Morgan fingerprint density at radius 3 is 1.96 bits per heavy atom. The van der Waals surface area contributed by atoms with Crippen LogP contribution in [0.2, 0.25) is 13.1 Å². The van der Waals surface area contributed by atoms with Crippen LogP contribution in [0, 0.1) is 27.7 Å². The van der Waals surface area contributed by atoms with Gasteiger partial charge in [-0.1, -0.05) is 37.4 Å². The number of benzene rings is 1. The first-order chi connectivity index (χ1) is 12.8. The number of hydrogen-bond acceptors (Lipinski definition) is 2. The van der Waals surface area contributed by atoms with E-state index in [0.29, 0.717) is 11.1 Å². The van der Waals surface area contributed by atoms with Crippen LogP contribution in [0.3, 0.4) is 0 Å². The van der Waals surface area contributed by atoms with E-state index >= 15 is 0 Å². The minimum atomic E-state index is -1.68. The molecular weight excluding hydrogens is 380 g/mol. The predicted octanol–water partition coefficient (Wildman–Crippen LogP) is 7.75. The van der Waals surface area contributed by atoms with Gasteiger partial charge in [0.25, 0.3) is 0 Å². The quantitative estimate of drug-likeness (QED) is 0.382. The second kappa shape index (κ2) is 5.79. The lowest BCUT2D eigenvalue weighted by molar-refractivity contribution is 1.04. The van der Waals surface area contributed by atoms with Crippen LogP contribution in [0.4, 0.5) is 0 Å². The van der Waals surface area contributed by atoms with E-state index in [1.165, 1.54) is 37.6 Å². The van der Waals surface area contributed by atoms with Gasteiger partial charge in [-0.25, -0.2) is 0 Å². The fraction of sp³-hybridized carbons (Fsp3) is 0.333. The second-order valence-corrected chi connectivity index (χ2v) is 16.3. The lowest BCUT2D eigenvalue weighted by Gasteiger charge is -2.36. The monoisotopic (exact) mass is 406 g/mol. The van der Waals surface area contributed by atoms with Crippen LogP contribution >= 0.6 is 22.7 Å². The van der Waals surface area contributed by atoms with E-state index in [2.05, 4.69) is 77.2 Å². The highest BCUT2D eigenvalue weighted by Gasteiger charge is 2.48. The second-order valence-electron chi connectivity index (χ2n) is 8.89. The highest BCUT2D eigenvalue weighted by Crippen LogP contribution is 2.58.